The van der Waals surface area contributed by atoms with Gasteiger partial charge in [-0.05, 0) is 19.8 Å². The Bertz CT molecular complexity index is 323. The molecule has 0 bridgehead atoms. The largest absolute Gasteiger partial charge is 0.352 e. The zero-order valence-electron chi connectivity index (χ0n) is 11.4. The van der Waals surface area contributed by atoms with Crippen LogP contribution in [0.3, 0.4) is 0 Å². The molecule has 0 aromatic carbocycles. The molecule has 18 heavy (non-hydrogen) atoms. The van der Waals surface area contributed by atoms with E-state index >= 15 is 0 Å². The number of guanidine groups is 1. The SMILES string of the molecule is CC1CN=C(NCC(=O)N(C)C2CCCCC2)N1. The van der Waals surface area contributed by atoms with Crippen molar-refractivity contribution in [1.29, 1.82) is 0 Å². The number of hydrogen-bond donors (Lipinski definition) is 2. The van der Waals surface area contributed by atoms with Gasteiger partial charge in [0.05, 0.1) is 13.1 Å². The topological polar surface area (TPSA) is 56.7 Å². The molecule has 0 radical (unpaired) electrons. The molecule has 0 spiro atoms. The average molecular weight is 252 g/mol. The van der Waals surface area contributed by atoms with Crippen molar-refractivity contribution in [1.82, 2.24) is 15.5 Å². The van der Waals surface area contributed by atoms with Gasteiger partial charge in [0.25, 0.3) is 0 Å². The number of hydrogen-bond acceptors (Lipinski definition) is 4. The van der Waals surface area contributed by atoms with Crippen LogP contribution in [-0.2, 0) is 4.79 Å². The van der Waals surface area contributed by atoms with Gasteiger partial charge < -0.3 is 15.5 Å². The molecule has 0 saturated heterocycles. The number of carbonyl (C=O) groups is 1. The number of likely N-dealkylation sites (N-methyl/N-ethyl adjacent to an activating group) is 1. The second-order valence-electron chi connectivity index (χ2n) is 5.38. The summed E-state index contributed by atoms with van der Waals surface area (Å²) in [5, 5.41) is 6.28. The Hall–Kier alpha value is -1.26. The summed E-state index contributed by atoms with van der Waals surface area (Å²) in [4.78, 5) is 18.3. The molecule has 1 fully saturated rings. The van der Waals surface area contributed by atoms with E-state index in [1.165, 1.54) is 19.3 Å². The fourth-order valence-electron chi connectivity index (χ4n) is 2.62. The fraction of sp³-hybridized carbons (Fsp3) is 0.846. The molecule has 2 aliphatic rings. The Kier molecular flexibility index (Phi) is 4.44. The molecule has 2 rings (SSSR count). The average Bonchev–Trinajstić information content (AvgIpc) is 2.82. The summed E-state index contributed by atoms with van der Waals surface area (Å²) in [5.74, 6) is 0.916. The molecule has 1 heterocycles. The smallest absolute Gasteiger partial charge is 0.241 e. The van der Waals surface area contributed by atoms with Gasteiger partial charge >= 0.3 is 0 Å². The predicted octanol–water partition coefficient (Wildman–Crippen LogP) is 0.715. The molecule has 0 aromatic heterocycles. The summed E-state index contributed by atoms with van der Waals surface area (Å²) >= 11 is 0. The van der Waals surface area contributed by atoms with Crippen LogP contribution >= 0.6 is 0 Å². The minimum atomic E-state index is 0.158. The van der Waals surface area contributed by atoms with Crippen LogP contribution in [-0.4, -0.2) is 49.0 Å². The first-order valence-electron chi connectivity index (χ1n) is 6.97. The van der Waals surface area contributed by atoms with Crippen molar-refractivity contribution < 1.29 is 4.79 Å². The van der Waals surface area contributed by atoms with E-state index in [1.807, 2.05) is 11.9 Å². The minimum Gasteiger partial charge on any atom is -0.352 e. The third-order valence-electron chi connectivity index (χ3n) is 3.83. The number of amides is 1. The highest BCUT2D eigenvalue weighted by atomic mass is 16.2. The predicted molar refractivity (Wildman–Crippen MR) is 72.5 cm³/mol. The van der Waals surface area contributed by atoms with Crippen molar-refractivity contribution >= 4 is 11.9 Å². The lowest BCUT2D eigenvalue weighted by atomic mass is 9.94. The maximum Gasteiger partial charge on any atom is 0.241 e. The molecule has 1 unspecified atom stereocenters. The monoisotopic (exact) mass is 252 g/mol. The molecular weight excluding hydrogens is 228 g/mol. The van der Waals surface area contributed by atoms with Crippen molar-refractivity contribution in [2.75, 3.05) is 20.1 Å². The Morgan fingerprint density at radius 2 is 2.17 bits per heavy atom. The van der Waals surface area contributed by atoms with Crippen LogP contribution < -0.4 is 10.6 Å². The van der Waals surface area contributed by atoms with E-state index in [9.17, 15) is 4.79 Å². The van der Waals surface area contributed by atoms with Gasteiger partial charge in [0.1, 0.15) is 0 Å². The summed E-state index contributed by atoms with van der Waals surface area (Å²) in [7, 11) is 1.92. The molecule has 1 amide bonds. The molecule has 1 aliphatic heterocycles. The second-order valence-corrected chi connectivity index (χ2v) is 5.38. The van der Waals surface area contributed by atoms with E-state index in [2.05, 4.69) is 22.5 Å². The highest BCUT2D eigenvalue weighted by Gasteiger charge is 2.22. The van der Waals surface area contributed by atoms with Crippen molar-refractivity contribution in [2.24, 2.45) is 4.99 Å². The van der Waals surface area contributed by atoms with Gasteiger partial charge in [-0.15, -0.1) is 0 Å². The Morgan fingerprint density at radius 1 is 1.44 bits per heavy atom. The second kappa shape index (κ2) is 6.07. The van der Waals surface area contributed by atoms with E-state index in [1.54, 1.807) is 0 Å². The van der Waals surface area contributed by atoms with Crippen LogP contribution in [0.25, 0.3) is 0 Å². The molecule has 5 heteroatoms. The number of nitrogens with one attached hydrogen (secondary N) is 2. The van der Waals surface area contributed by atoms with Crippen LogP contribution in [0.5, 0.6) is 0 Å². The molecule has 1 aliphatic carbocycles. The molecule has 5 nitrogen and oxygen atoms in total. The van der Waals surface area contributed by atoms with Crippen LogP contribution in [0, 0.1) is 0 Å². The summed E-state index contributed by atoms with van der Waals surface area (Å²) in [5.41, 5.74) is 0. The van der Waals surface area contributed by atoms with Gasteiger partial charge in [0.15, 0.2) is 5.96 Å². The van der Waals surface area contributed by atoms with Crippen LogP contribution in [0.15, 0.2) is 4.99 Å². The lowest BCUT2D eigenvalue weighted by Crippen LogP contribution is -2.46. The van der Waals surface area contributed by atoms with Gasteiger partial charge in [-0.2, -0.15) is 0 Å². The lowest BCUT2D eigenvalue weighted by molar-refractivity contribution is -0.131. The van der Waals surface area contributed by atoms with Crippen molar-refractivity contribution in [3.8, 4) is 0 Å². The van der Waals surface area contributed by atoms with Gasteiger partial charge in [0, 0.05) is 19.1 Å². The fourth-order valence-corrected chi connectivity index (χ4v) is 2.62. The molecule has 102 valence electrons. The van der Waals surface area contributed by atoms with E-state index in [0.717, 1.165) is 25.3 Å². The van der Waals surface area contributed by atoms with Gasteiger partial charge in [0.2, 0.25) is 5.91 Å². The van der Waals surface area contributed by atoms with Crippen LogP contribution in [0.2, 0.25) is 0 Å². The Morgan fingerprint density at radius 3 is 2.78 bits per heavy atom. The lowest BCUT2D eigenvalue weighted by Gasteiger charge is -2.31. The van der Waals surface area contributed by atoms with E-state index in [-0.39, 0.29) is 5.91 Å². The van der Waals surface area contributed by atoms with Crippen LogP contribution in [0.1, 0.15) is 39.0 Å². The number of nitrogens with zero attached hydrogens (tertiary/aromatic N) is 2. The quantitative estimate of drug-likeness (QED) is 0.778. The molecule has 0 aromatic rings. The highest BCUT2D eigenvalue weighted by Crippen LogP contribution is 2.21. The number of carbonyl (C=O) groups excluding carboxylic acids is 1. The maximum atomic E-state index is 12.1. The van der Waals surface area contributed by atoms with Crippen molar-refractivity contribution in [3.05, 3.63) is 0 Å². The first-order chi connectivity index (χ1) is 8.66. The summed E-state index contributed by atoms with van der Waals surface area (Å²) < 4.78 is 0. The Balaban J connectivity index is 1.73. The minimum absolute atomic E-state index is 0.158. The number of rotatable bonds is 3. The van der Waals surface area contributed by atoms with Gasteiger partial charge in [-0.1, -0.05) is 19.3 Å². The first-order valence-corrected chi connectivity index (χ1v) is 6.97. The van der Waals surface area contributed by atoms with Crippen molar-refractivity contribution in [2.45, 2.75) is 51.1 Å². The first kappa shape index (κ1) is 13.2. The molecule has 1 atom stereocenters. The molecule has 2 N–H and O–H groups in total. The van der Waals surface area contributed by atoms with Crippen molar-refractivity contribution in [3.63, 3.8) is 0 Å². The van der Waals surface area contributed by atoms with E-state index < -0.39 is 0 Å². The summed E-state index contributed by atoms with van der Waals surface area (Å²) in [6, 6.07) is 0.809. The van der Waals surface area contributed by atoms with Gasteiger partial charge in [-0.3, -0.25) is 9.79 Å². The van der Waals surface area contributed by atoms with Gasteiger partial charge in [-0.25, -0.2) is 0 Å². The van der Waals surface area contributed by atoms with Crippen LogP contribution in [0.4, 0.5) is 0 Å². The third-order valence-corrected chi connectivity index (χ3v) is 3.83. The molecule has 1 saturated carbocycles. The molecular formula is C13H24N4O. The maximum absolute atomic E-state index is 12.1. The Labute approximate surface area is 109 Å². The van der Waals surface area contributed by atoms with E-state index in [4.69, 9.17) is 0 Å². The zero-order chi connectivity index (χ0) is 13.0. The summed E-state index contributed by atoms with van der Waals surface area (Å²) in [6.07, 6.45) is 6.12. The van der Waals surface area contributed by atoms with E-state index in [0.29, 0.717) is 18.6 Å². The summed E-state index contributed by atoms with van der Waals surface area (Å²) in [6.45, 7) is 3.20. The highest BCUT2D eigenvalue weighted by molar-refractivity contribution is 5.87. The third kappa shape index (κ3) is 3.37. The standard InChI is InChI=1S/C13H24N4O/c1-10-8-14-13(16-10)15-9-12(18)17(2)11-6-4-3-5-7-11/h10-11H,3-9H2,1-2H3,(H2,14,15,16). The number of aliphatic imine (C=N–C) groups is 1. The zero-order valence-corrected chi connectivity index (χ0v) is 11.4. The normalized spacial score (nSPS) is 24.3.